The summed E-state index contributed by atoms with van der Waals surface area (Å²) in [5.41, 5.74) is 9.30. The summed E-state index contributed by atoms with van der Waals surface area (Å²) in [5, 5.41) is 2.82. The molecule has 7 heteroatoms. The van der Waals surface area contributed by atoms with Gasteiger partial charge >= 0.3 is 0 Å². The fourth-order valence-electron chi connectivity index (χ4n) is 3.37. The summed E-state index contributed by atoms with van der Waals surface area (Å²) in [5.74, 6) is -0.598. The number of nitrogens with one attached hydrogen (secondary N) is 3. The van der Waals surface area contributed by atoms with Gasteiger partial charge in [0.25, 0.3) is 17.7 Å². The second kappa shape index (κ2) is 10.9. The molecular formula is C28H31N3O4. The lowest BCUT2D eigenvalue weighted by atomic mass is 9.87. The van der Waals surface area contributed by atoms with Crippen LogP contribution >= 0.6 is 0 Å². The number of carbonyl (C=O) groups excluding carboxylic acids is 3. The number of ether oxygens (including phenoxy) is 1. The molecule has 0 unspecified atom stereocenters. The van der Waals surface area contributed by atoms with E-state index >= 15 is 0 Å². The molecular weight excluding hydrogens is 442 g/mol. The number of benzene rings is 3. The highest BCUT2D eigenvalue weighted by Gasteiger charge is 2.15. The average molecular weight is 474 g/mol. The van der Waals surface area contributed by atoms with Gasteiger partial charge in [0.2, 0.25) is 0 Å². The summed E-state index contributed by atoms with van der Waals surface area (Å²) >= 11 is 0. The molecule has 0 heterocycles. The molecule has 3 aromatic carbocycles. The minimum Gasteiger partial charge on any atom is -0.483 e. The normalized spacial score (nSPS) is 10.9. The van der Waals surface area contributed by atoms with Gasteiger partial charge in [-0.25, -0.2) is 0 Å². The van der Waals surface area contributed by atoms with E-state index in [1.165, 1.54) is 0 Å². The second-order valence-corrected chi connectivity index (χ2v) is 9.42. The van der Waals surface area contributed by atoms with Crippen molar-refractivity contribution >= 4 is 23.4 Å². The molecule has 0 saturated carbocycles. The van der Waals surface area contributed by atoms with Crippen LogP contribution in [0, 0.1) is 13.8 Å². The summed E-state index contributed by atoms with van der Waals surface area (Å²) in [7, 11) is 0. The van der Waals surface area contributed by atoms with Crippen molar-refractivity contribution in [2.75, 3.05) is 11.9 Å². The molecule has 182 valence electrons. The first kappa shape index (κ1) is 25.5. The van der Waals surface area contributed by atoms with Crippen LogP contribution in [0.5, 0.6) is 5.75 Å². The molecule has 0 bridgehead atoms. The van der Waals surface area contributed by atoms with Gasteiger partial charge in [0.1, 0.15) is 5.75 Å². The molecule has 0 aromatic heterocycles. The van der Waals surface area contributed by atoms with E-state index in [1.807, 2.05) is 38.1 Å². The third-order valence-corrected chi connectivity index (χ3v) is 5.42. The average Bonchev–Trinajstić information content (AvgIpc) is 2.82. The number of carbonyl (C=O) groups is 3. The van der Waals surface area contributed by atoms with E-state index in [0.29, 0.717) is 22.6 Å². The lowest BCUT2D eigenvalue weighted by Gasteiger charge is -2.19. The van der Waals surface area contributed by atoms with E-state index in [-0.39, 0.29) is 17.9 Å². The predicted molar refractivity (Wildman–Crippen MR) is 137 cm³/mol. The fourth-order valence-corrected chi connectivity index (χ4v) is 3.37. The zero-order chi connectivity index (χ0) is 25.6. The lowest BCUT2D eigenvalue weighted by molar-refractivity contribution is -0.123. The number of hydrazine groups is 1. The van der Waals surface area contributed by atoms with E-state index in [4.69, 9.17) is 4.74 Å². The fraction of sp³-hybridized carbons (Fsp3) is 0.250. The summed E-state index contributed by atoms with van der Waals surface area (Å²) in [6, 6.07) is 19.5. The standard InChI is InChI=1S/C28H31N3O4/c1-18-6-15-24(19(2)16-18)35-17-25(32)30-31-27(34)21-9-13-23(14-10-21)29-26(33)20-7-11-22(12-8-20)28(3,4)5/h6-16H,17H2,1-5H3,(H,29,33)(H,30,32)(H,31,34). The quantitative estimate of drug-likeness (QED) is 0.453. The van der Waals surface area contributed by atoms with E-state index in [2.05, 4.69) is 36.9 Å². The highest BCUT2D eigenvalue weighted by molar-refractivity contribution is 6.04. The summed E-state index contributed by atoms with van der Waals surface area (Å²) in [6.45, 7) is 10.00. The smallest absolute Gasteiger partial charge is 0.276 e. The minimum absolute atomic E-state index is 0.0119. The molecule has 0 atom stereocenters. The molecule has 35 heavy (non-hydrogen) atoms. The maximum atomic E-state index is 12.5. The Morgan fingerprint density at radius 3 is 1.97 bits per heavy atom. The number of hydrogen-bond donors (Lipinski definition) is 3. The molecule has 0 aliphatic rings. The maximum absolute atomic E-state index is 12.5. The number of rotatable bonds is 6. The molecule has 0 spiro atoms. The zero-order valence-electron chi connectivity index (χ0n) is 20.7. The van der Waals surface area contributed by atoms with Crippen molar-refractivity contribution in [1.29, 1.82) is 0 Å². The summed E-state index contributed by atoms with van der Waals surface area (Å²) in [4.78, 5) is 36.9. The molecule has 0 aliphatic carbocycles. The van der Waals surface area contributed by atoms with Crippen molar-refractivity contribution in [1.82, 2.24) is 10.9 Å². The third-order valence-electron chi connectivity index (χ3n) is 5.42. The topological polar surface area (TPSA) is 96.5 Å². The Labute approximate surface area is 205 Å². The molecule has 0 radical (unpaired) electrons. The first-order valence-corrected chi connectivity index (χ1v) is 11.3. The zero-order valence-corrected chi connectivity index (χ0v) is 20.7. The van der Waals surface area contributed by atoms with Crippen LogP contribution in [0.3, 0.4) is 0 Å². The van der Waals surface area contributed by atoms with Gasteiger partial charge < -0.3 is 10.1 Å². The van der Waals surface area contributed by atoms with Crippen molar-refractivity contribution in [2.45, 2.75) is 40.0 Å². The van der Waals surface area contributed by atoms with E-state index < -0.39 is 11.8 Å². The molecule has 3 amide bonds. The first-order chi connectivity index (χ1) is 16.5. The lowest BCUT2D eigenvalue weighted by Crippen LogP contribution is -2.43. The van der Waals surface area contributed by atoms with Gasteiger partial charge in [0, 0.05) is 16.8 Å². The van der Waals surface area contributed by atoms with Crippen LogP contribution in [0.15, 0.2) is 66.7 Å². The molecule has 0 saturated heterocycles. The molecule has 3 aromatic rings. The van der Waals surface area contributed by atoms with Crippen LogP contribution in [0.25, 0.3) is 0 Å². The molecule has 3 N–H and O–H groups in total. The van der Waals surface area contributed by atoms with Crippen LogP contribution in [-0.4, -0.2) is 24.3 Å². The highest BCUT2D eigenvalue weighted by Crippen LogP contribution is 2.22. The number of aryl methyl sites for hydroxylation is 2. The van der Waals surface area contributed by atoms with Crippen LogP contribution in [-0.2, 0) is 10.2 Å². The van der Waals surface area contributed by atoms with Gasteiger partial charge in [-0.15, -0.1) is 0 Å². The van der Waals surface area contributed by atoms with Crippen LogP contribution < -0.4 is 20.9 Å². The number of amides is 3. The van der Waals surface area contributed by atoms with Crippen LogP contribution in [0.4, 0.5) is 5.69 Å². The predicted octanol–water partition coefficient (Wildman–Crippen LogP) is 4.69. The highest BCUT2D eigenvalue weighted by atomic mass is 16.5. The van der Waals surface area contributed by atoms with Gasteiger partial charge in [-0.3, -0.25) is 25.2 Å². The molecule has 3 rings (SSSR count). The summed E-state index contributed by atoms with van der Waals surface area (Å²) < 4.78 is 5.50. The number of anilines is 1. The first-order valence-electron chi connectivity index (χ1n) is 11.3. The van der Waals surface area contributed by atoms with Crippen molar-refractivity contribution in [3.63, 3.8) is 0 Å². The van der Waals surface area contributed by atoms with E-state index in [1.54, 1.807) is 42.5 Å². The second-order valence-electron chi connectivity index (χ2n) is 9.42. The van der Waals surface area contributed by atoms with E-state index in [9.17, 15) is 14.4 Å². The summed E-state index contributed by atoms with van der Waals surface area (Å²) in [6.07, 6.45) is 0. The van der Waals surface area contributed by atoms with Crippen molar-refractivity contribution in [2.24, 2.45) is 0 Å². The Morgan fingerprint density at radius 1 is 0.771 bits per heavy atom. The SMILES string of the molecule is Cc1ccc(OCC(=O)NNC(=O)c2ccc(NC(=O)c3ccc(C(C)(C)C)cc3)cc2)c(C)c1. The van der Waals surface area contributed by atoms with E-state index in [0.717, 1.165) is 16.7 Å². The maximum Gasteiger partial charge on any atom is 0.276 e. The van der Waals surface area contributed by atoms with Crippen LogP contribution in [0.2, 0.25) is 0 Å². The van der Waals surface area contributed by atoms with Crippen molar-refractivity contribution in [3.8, 4) is 5.75 Å². The van der Waals surface area contributed by atoms with Crippen LogP contribution in [0.1, 0.15) is 58.2 Å². The molecule has 7 nitrogen and oxygen atoms in total. The Balaban J connectivity index is 1.48. The van der Waals surface area contributed by atoms with Gasteiger partial charge in [-0.2, -0.15) is 0 Å². The largest absolute Gasteiger partial charge is 0.483 e. The Kier molecular flexibility index (Phi) is 7.91. The Bertz CT molecular complexity index is 1210. The minimum atomic E-state index is -0.486. The molecule has 0 fully saturated rings. The third kappa shape index (κ3) is 7.17. The Morgan fingerprint density at radius 2 is 1.37 bits per heavy atom. The van der Waals surface area contributed by atoms with Gasteiger partial charge in [0.05, 0.1) is 0 Å². The van der Waals surface area contributed by atoms with Crippen molar-refractivity contribution in [3.05, 3.63) is 94.5 Å². The molecule has 0 aliphatic heterocycles. The van der Waals surface area contributed by atoms with Crippen molar-refractivity contribution < 1.29 is 19.1 Å². The number of hydrogen-bond acceptors (Lipinski definition) is 4. The monoisotopic (exact) mass is 473 g/mol. The Hall–Kier alpha value is -4.13. The van der Waals surface area contributed by atoms with Gasteiger partial charge in [0.15, 0.2) is 6.61 Å². The van der Waals surface area contributed by atoms with Gasteiger partial charge in [-0.05, 0) is 72.9 Å². The van der Waals surface area contributed by atoms with Gasteiger partial charge in [-0.1, -0.05) is 50.6 Å².